The van der Waals surface area contributed by atoms with E-state index in [1.807, 2.05) is 6.08 Å². The molecule has 2 saturated heterocycles. The molecule has 0 radical (unpaired) electrons. The van der Waals surface area contributed by atoms with Gasteiger partial charge in [0.25, 0.3) is 0 Å². The van der Waals surface area contributed by atoms with E-state index in [4.69, 9.17) is 18.9 Å². The molecular weight excluding hydrogens is 811 g/mol. The van der Waals surface area contributed by atoms with Gasteiger partial charge in [-0.05, 0) is 19.3 Å². The molecule has 14 heteroatoms. The predicted molar refractivity (Wildman–Crippen MR) is 245 cm³/mol. The van der Waals surface area contributed by atoms with Crippen molar-refractivity contribution in [1.29, 1.82) is 0 Å². The molecule has 0 aromatic carbocycles. The Balaban J connectivity index is 1.75. The van der Waals surface area contributed by atoms with E-state index in [-0.39, 0.29) is 18.9 Å². The van der Waals surface area contributed by atoms with Crippen LogP contribution in [0, 0.1) is 0 Å². The Morgan fingerprint density at radius 1 is 0.556 bits per heavy atom. The molecule has 12 atom stereocenters. The lowest BCUT2D eigenvalue weighted by atomic mass is 9.97. The van der Waals surface area contributed by atoms with Gasteiger partial charge in [0, 0.05) is 6.42 Å². The van der Waals surface area contributed by atoms with Gasteiger partial charge >= 0.3 is 0 Å². The monoisotopic (exact) mass is 904 g/mol. The minimum Gasteiger partial charge on any atom is -0.394 e. The number of amides is 1. The van der Waals surface area contributed by atoms with Crippen LogP contribution in [0.1, 0.15) is 200 Å². The van der Waals surface area contributed by atoms with Crippen LogP contribution in [0.5, 0.6) is 0 Å². The van der Waals surface area contributed by atoms with Gasteiger partial charge in [-0.1, -0.05) is 187 Å². The van der Waals surface area contributed by atoms with Crippen LogP contribution in [0.25, 0.3) is 0 Å². The smallest absolute Gasteiger partial charge is 0.220 e. The van der Waals surface area contributed by atoms with E-state index in [0.717, 1.165) is 44.9 Å². The average molecular weight is 904 g/mol. The summed E-state index contributed by atoms with van der Waals surface area (Å²) < 4.78 is 22.6. The SMILES string of the molecule is CCCCCCCC/C=C/C(O)C(COC1OC(CO)C(OC2OC(CO)C(O)C(O)C2O)C(O)C1O)NC(=O)CCCCCCCCCCCCCCCCCCCCCCC. The highest BCUT2D eigenvalue weighted by Crippen LogP contribution is 2.30. The van der Waals surface area contributed by atoms with Crippen molar-refractivity contribution in [3.63, 3.8) is 0 Å². The van der Waals surface area contributed by atoms with Crippen LogP contribution in [0.3, 0.4) is 0 Å². The maximum absolute atomic E-state index is 13.1. The zero-order valence-electron chi connectivity index (χ0n) is 39.3. The Kier molecular flexibility index (Phi) is 33.8. The third-order valence-electron chi connectivity index (χ3n) is 12.7. The van der Waals surface area contributed by atoms with Gasteiger partial charge in [0.1, 0.15) is 48.8 Å². The van der Waals surface area contributed by atoms with E-state index >= 15 is 0 Å². The Morgan fingerprint density at radius 2 is 0.984 bits per heavy atom. The highest BCUT2D eigenvalue weighted by atomic mass is 16.7. The molecule has 2 fully saturated rings. The molecule has 2 rings (SSSR count). The summed E-state index contributed by atoms with van der Waals surface area (Å²) in [5.41, 5.74) is 0. The largest absolute Gasteiger partial charge is 0.394 e. The first-order valence-corrected chi connectivity index (χ1v) is 25.4. The maximum atomic E-state index is 13.1. The molecule has 14 nitrogen and oxygen atoms in total. The summed E-state index contributed by atoms with van der Waals surface area (Å²) in [6.45, 7) is 2.74. The zero-order chi connectivity index (χ0) is 46.1. The Bertz CT molecular complexity index is 1120. The van der Waals surface area contributed by atoms with Crippen molar-refractivity contribution in [2.24, 2.45) is 0 Å². The number of aliphatic hydroxyl groups is 8. The summed E-state index contributed by atoms with van der Waals surface area (Å²) in [4.78, 5) is 13.1. The molecule has 63 heavy (non-hydrogen) atoms. The normalized spacial score (nSPS) is 27.5. The summed E-state index contributed by atoms with van der Waals surface area (Å²) >= 11 is 0. The molecule has 0 saturated carbocycles. The Morgan fingerprint density at radius 3 is 1.46 bits per heavy atom. The molecule has 2 aliphatic rings. The minimum absolute atomic E-state index is 0.240. The zero-order valence-corrected chi connectivity index (χ0v) is 39.3. The lowest BCUT2D eigenvalue weighted by molar-refractivity contribution is -0.359. The van der Waals surface area contributed by atoms with Gasteiger partial charge in [-0.25, -0.2) is 0 Å². The summed E-state index contributed by atoms with van der Waals surface area (Å²) in [7, 11) is 0. The molecule has 0 aromatic rings. The summed E-state index contributed by atoms with van der Waals surface area (Å²) in [5, 5.41) is 86.4. The number of aliphatic hydroxyl groups excluding tert-OH is 8. The van der Waals surface area contributed by atoms with Crippen molar-refractivity contribution in [3.8, 4) is 0 Å². The minimum atomic E-state index is -1.78. The second kappa shape index (κ2) is 36.8. The first kappa shape index (κ1) is 57.9. The molecule has 0 bridgehead atoms. The topological polar surface area (TPSA) is 228 Å². The molecule has 0 aliphatic carbocycles. The van der Waals surface area contributed by atoms with Crippen LogP contribution < -0.4 is 5.32 Å². The lowest BCUT2D eigenvalue weighted by Crippen LogP contribution is -2.65. The fourth-order valence-electron chi connectivity index (χ4n) is 8.53. The molecule has 0 aromatic heterocycles. The number of hydrogen-bond donors (Lipinski definition) is 9. The highest BCUT2D eigenvalue weighted by molar-refractivity contribution is 5.76. The third-order valence-corrected chi connectivity index (χ3v) is 12.7. The van der Waals surface area contributed by atoms with Gasteiger partial charge in [-0.3, -0.25) is 4.79 Å². The predicted octanol–water partition coefficient (Wildman–Crippen LogP) is 6.38. The summed E-state index contributed by atoms with van der Waals surface area (Å²) in [6.07, 6.45) is 21.4. The molecule has 2 heterocycles. The van der Waals surface area contributed by atoms with E-state index in [1.165, 1.54) is 128 Å². The lowest BCUT2D eigenvalue weighted by Gasteiger charge is -2.46. The maximum Gasteiger partial charge on any atom is 0.220 e. The summed E-state index contributed by atoms with van der Waals surface area (Å²) in [6, 6.07) is -0.906. The second-order valence-electron chi connectivity index (χ2n) is 18.3. The molecule has 12 unspecified atom stereocenters. The van der Waals surface area contributed by atoms with E-state index in [1.54, 1.807) is 6.08 Å². The van der Waals surface area contributed by atoms with Gasteiger partial charge in [-0.2, -0.15) is 0 Å². The van der Waals surface area contributed by atoms with E-state index in [2.05, 4.69) is 19.2 Å². The van der Waals surface area contributed by atoms with Crippen molar-refractivity contribution < 1.29 is 64.6 Å². The number of carbonyl (C=O) groups is 1. The van der Waals surface area contributed by atoms with Crippen molar-refractivity contribution in [3.05, 3.63) is 12.2 Å². The van der Waals surface area contributed by atoms with Crippen molar-refractivity contribution >= 4 is 5.91 Å². The Hall–Kier alpha value is -1.27. The molecule has 1 amide bonds. The van der Waals surface area contributed by atoms with Gasteiger partial charge in [-0.15, -0.1) is 0 Å². The number of ether oxygens (including phenoxy) is 4. The van der Waals surface area contributed by atoms with Gasteiger partial charge in [0.15, 0.2) is 12.6 Å². The third kappa shape index (κ3) is 24.4. The Labute approximate surface area is 380 Å². The fraction of sp³-hybridized carbons (Fsp3) is 0.939. The van der Waals surface area contributed by atoms with Crippen LogP contribution in [-0.2, 0) is 23.7 Å². The molecule has 9 N–H and O–H groups in total. The summed E-state index contributed by atoms with van der Waals surface area (Å²) in [5.74, 6) is -0.240. The van der Waals surface area contributed by atoms with Gasteiger partial charge in [0.05, 0.1) is 32.0 Å². The first-order chi connectivity index (χ1) is 30.6. The van der Waals surface area contributed by atoms with Crippen LogP contribution >= 0.6 is 0 Å². The van der Waals surface area contributed by atoms with Gasteiger partial charge < -0.3 is 65.1 Å². The van der Waals surface area contributed by atoms with Crippen LogP contribution in [-0.4, -0.2) is 140 Å². The quantitative estimate of drug-likeness (QED) is 0.0241. The number of unbranched alkanes of at least 4 members (excludes halogenated alkanes) is 26. The second-order valence-corrected chi connectivity index (χ2v) is 18.3. The van der Waals surface area contributed by atoms with Crippen molar-refractivity contribution in [2.75, 3.05) is 19.8 Å². The standard InChI is InChI=1S/C49H93NO13/c1-3-5-7-9-11-13-14-15-16-17-18-19-20-21-22-23-24-25-27-29-31-33-41(54)50-37(38(53)32-30-28-26-12-10-8-6-4-2)36-60-48-46(59)44(57)47(40(35-52)62-48)63-49-45(58)43(56)42(55)39(34-51)61-49/h30,32,37-40,42-49,51-53,55-59H,3-29,31,33-36H2,1-2H3,(H,50,54)/b32-30+. The molecule has 372 valence electrons. The number of nitrogens with one attached hydrogen (secondary N) is 1. The van der Waals surface area contributed by atoms with Crippen LogP contribution in [0.2, 0.25) is 0 Å². The number of rotatable bonds is 39. The van der Waals surface area contributed by atoms with E-state index in [0.29, 0.717) is 6.42 Å². The fourth-order valence-corrected chi connectivity index (χ4v) is 8.53. The number of hydrogen-bond acceptors (Lipinski definition) is 13. The van der Waals surface area contributed by atoms with E-state index in [9.17, 15) is 45.6 Å². The number of carbonyl (C=O) groups excluding carboxylic acids is 1. The van der Waals surface area contributed by atoms with Crippen molar-refractivity contribution in [2.45, 2.75) is 274 Å². The first-order valence-electron chi connectivity index (χ1n) is 25.4. The molecular formula is C49H93NO13. The average Bonchev–Trinajstić information content (AvgIpc) is 3.28. The number of allylic oxidation sites excluding steroid dienone is 1. The van der Waals surface area contributed by atoms with E-state index < -0.39 is 86.8 Å². The van der Waals surface area contributed by atoms with Crippen LogP contribution in [0.15, 0.2) is 12.2 Å². The molecule has 0 spiro atoms. The van der Waals surface area contributed by atoms with Crippen molar-refractivity contribution in [1.82, 2.24) is 5.32 Å². The van der Waals surface area contributed by atoms with Crippen LogP contribution in [0.4, 0.5) is 0 Å². The highest BCUT2D eigenvalue weighted by Gasteiger charge is 2.51. The molecule has 2 aliphatic heterocycles. The van der Waals surface area contributed by atoms with Gasteiger partial charge in [0.2, 0.25) is 5.91 Å².